The Morgan fingerprint density at radius 1 is 1.05 bits per heavy atom. The van der Waals surface area contributed by atoms with Crippen LogP contribution in [0, 0.1) is 0 Å². The van der Waals surface area contributed by atoms with E-state index in [2.05, 4.69) is 0 Å². The van der Waals surface area contributed by atoms with Crippen molar-refractivity contribution in [3.63, 3.8) is 0 Å². The van der Waals surface area contributed by atoms with E-state index in [4.69, 9.17) is 9.84 Å². The first-order chi connectivity index (χ1) is 9.95. The van der Waals surface area contributed by atoms with Crippen LogP contribution in [0.4, 0.5) is 0 Å². The van der Waals surface area contributed by atoms with E-state index in [0.717, 1.165) is 11.8 Å². The summed E-state index contributed by atoms with van der Waals surface area (Å²) in [6.45, 7) is -0.203. The number of rotatable bonds is 5. The molecule has 6 N–H and O–H groups in total. The van der Waals surface area contributed by atoms with Gasteiger partial charge in [0.25, 0.3) is 0 Å². The van der Waals surface area contributed by atoms with Crippen LogP contribution in [0.2, 0.25) is 0 Å². The summed E-state index contributed by atoms with van der Waals surface area (Å²) in [6, 6.07) is 2.71. The van der Waals surface area contributed by atoms with Crippen molar-refractivity contribution in [3.05, 3.63) is 12.1 Å². The summed E-state index contributed by atoms with van der Waals surface area (Å²) in [5.41, 5.74) is -0.819. The van der Waals surface area contributed by atoms with Crippen molar-refractivity contribution in [2.45, 2.75) is 36.4 Å². The lowest BCUT2D eigenvalue weighted by Gasteiger charge is -2.39. The molecule has 2 rings (SSSR count). The number of aliphatic hydroxyl groups is 4. The van der Waals surface area contributed by atoms with Gasteiger partial charge in [0.05, 0.1) is 6.61 Å². The van der Waals surface area contributed by atoms with Crippen LogP contribution < -0.4 is 0 Å². The molecule has 0 amide bonds. The van der Waals surface area contributed by atoms with Gasteiger partial charge in [0.1, 0.15) is 29.9 Å². The van der Waals surface area contributed by atoms with Crippen molar-refractivity contribution in [1.82, 2.24) is 4.57 Å². The number of hydrogen-bond acceptors (Lipinski definition) is 8. The minimum atomic E-state index is -1.40. The fourth-order valence-electron chi connectivity index (χ4n) is 2.14. The molecule has 0 aromatic carbocycles. The highest BCUT2D eigenvalue weighted by Gasteiger charge is 2.43. The second-order valence-corrected chi connectivity index (χ2v) is 5.98. The Kier molecular flexibility index (Phi) is 5.36. The summed E-state index contributed by atoms with van der Waals surface area (Å²) in [5, 5.41) is 57.2. The number of aromatic hydroxyl groups is 2. The van der Waals surface area contributed by atoms with Crippen molar-refractivity contribution in [1.29, 1.82) is 0 Å². The highest BCUT2D eigenvalue weighted by molar-refractivity contribution is 7.99. The van der Waals surface area contributed by atoms with Crippen molar-refractivity contribution >= 4 is 11.8 Å². The molecule has 21 heavy (non-hydrogen) atoms. The Hall–Kier alpha value is -0.970. The van der Waals surface area contributed by atoms with Gasteiger partial charge in [-0.25, -0.2) is 0 Å². The minimum Gasteiger partial charge on any atom is -0.494 e. The van der Waals surface area contributed by atoms with Crippen LogP contribution in [0.3, 0.4) is 0 Å². The molecule has 8 nitrogen and oxygen atoms in total. The molecule has 0 bridgehead atoms. The zero-order valence-corrected chi connectivity index (χ0v) is 11.9. The predicted octanol–water partition coefficient (Wildman–Crippen LogP) is -1.57. The molecule has 0 radical (unpaired) electrons. The zero-order valence-electron chi connectivity index (χ0n) is 11.1. The van der Waals surface area contributed by atoms with Gasteiger partial charge in [0.15, 0.2) is 11.8 Å². The van der Waals surface area contributed by atoms with Crippen LogP contribution >= 0.6 is 11.8 Å². The van der Waals surface area contributed by atoms with Gasteiger partial charge in [-0.2, -0.15) is 0 Å². The van der Waals surface area contributed by atoms with E-state index < -0.39 is 36.5 Å². The molecule has 0 aliphatic carbocycles. The lowest BCUT2D eigenvalue weighted by Crippen LogP contribution is -2.57. The van der Waals surface area contributed by atoms with Crippen molar-refractivity contribution in [2.24, 2.45) is 0 Å². The molecule has 1 aromatic heterocycles. The normalized spacial score (nSPS) is 33.2. The Labute approximate surface area is 125 Å². The van der Waals surface area contributed by atoms with E-state index in [1.54, 1.807) is 0 Å². The monoisotopic (exact) mass is 321 g/mol. The molecule has 9 heteroatoms. The average Bonchev–Trinajstić information content (AvgIpc) is 2.79. The maximum absolute atomic E-state index is 9.84. The van der Waals surface area contributed by atoms with Gasteiger partial charge in [-0.1, -0.05) is 0 Å². The van der Waals surface area contributed by atoms with Gasteiger partial charge in [-0.15, -0.1) is 11.8 Å². The SMILES string of the molecule is OCC1OC(SCCn2c(O)ccc2O)C(O)C(O)C1O. The molecule has 1 aliphatic rings. The molecular weight excluding hydrogens is 302 g/mol. The standard InChI is InChI=1S/C12H19NO7S/c14-5-6-9(17)10(18)11(19)12(20-6)21-4-3-13-7(15)1-2-8(13)16/h1-2,6,9-12,14-19H,3-5H2. The molecule has 1 aromatic rings. The first kappa shape index (κ1) is 16.4. The molecule has 2 heterocycles. The summed E-state index contributed by atoms with van der Waals surface area (Å²) in [5.74, 6) is 0.210. The largest absolute Gasteiger partial charge is 0.494 e. The lowest BCUT2D eigenvalue weighted by molar-refractivity contribution is -0.205. The highest BCUT2D eigenvalue weighted by Crippen LogP contribution is 2.29. The first-order valence-electron chi connectivity index (χ1n) is 6.45. The maximum Gasteiger partial charge on any atom is 0.193 e. The quantitative estimate of drug-likeness (QED) is 0.383. The Balaban J connectivity index is 1.90. The second kappa shape index (κ2) is 6.86. The summed E-state index contributed by atoms with van der Waals surface area (Å²) in [6.07, 6.45) is -5.00. The molecule has 1 saturated heterocycles. The average molecular weight is 321 g/mol. The van der Waals surface area contributed by atoms with E-state index in [9.17, 15) is 25.5 Å². The topological polar surface area (TPSA) is 136 Å². The summed E-state index contributed by atoms with van der Waals surface area (Å²) < 4.78 is 6.60. The van der Waals surface area contributed by atoms with Crippen LogP contribution in [0.15, 0.2) is 12.1 Å². The van der Waals surface area contributed by atoms with Crippen LogP contribution in [0.1, 0.15) is 0 Å². The van der Waals surface area contributed by atoms with Crippen LogP contribution in [0.5, 0.6) is 11.8 Å². The number of aromatic nitrogens is 1. The molecule has 1 aliphatic heterocycles. The fraction of sp³-hybridized carbons (Fsp3) is 0.667. The van der Waals surface area contributed by atoms with Gasteiger partial charge in [-0.05, 0) is 0 Å². The number of aliphatic hydroxyl groups excluding tert-OH is 4. The van der Waals surface area contributed by atoms with Crippen LogP contribution in [-0.2, 0) is 11.3 Å². The third kappa shape index (κ3) is 3.44. The number of nitrogens with zero attached hydrogens (tertiary/aromatic N) is 1. The summed E-state index contributed by atoms with van der Waals surface area (Å²) in [7, 11) is 0. The van der Waals surface area contributed by atoms with Gasteiger partial charge < -0.3 is 35.4 Å². The first-order valence-corrected chi connectivity index (χ1v) is 7.50. The minimum absolute atomic E-state index is 0.0816. The third-order valence-electron chi connectivity index (χ3n) is 3.38. The van der Waals surface area contributed by atoms with E-state index in [0.29, 0.717) is 5.75 Å². The van der Waals surface area contributed by atoms with Crippen molar-refractivity contribution < 1.29 is 35.4 Å². The van der Waals surface area contributed by atoms with Crippen LogP contribution in [-0.4, -0.2) is 77.4 Å². The van der Waals surface area contributed by atoms with E-state index in [-0.39, 0.29) is 18.3 Å². The Morgan fingerprint density at radius 2 is 1.67 bits per heavy atom. The molecule has 120 valence electrons. The molecular formula is C12H19NO7S. The zero-order chi connectivity index (χ0) is 15.6. The molecule has 0 spiro atoms. The Bertz CT molecular complexity index is 447. The van der Waals surface area contributed by atoms with Gasteiger partial charge in [0, 0.05) is 24.4 Å². The Morgan fingerprint density at radius 3 is 2.24 bits per heavy atom. The third-order valence-corrected chi connectivity index (χ3v) is 4.52. The smallest absolute Gasteiger partial charge is 0.193 e. The maximum atomic E-state index is 9.84. The van der Waals surface area contributed by atoms with Crippen LogP contribution in [0.25, 0.3) is 0 Å². The fourth-order valence-corrected chi connectivity index (χ4v) is 3.24. The number of ether oxygens (including phenoxy) is 1. The molecule has 0 saturated carbocycles. The predicted molar refractivity (Wildman–Crippen MR) is 74.0 cm³/mol. The molecule has 1 fully saturated rings. The second-order valence-electron chi connectivity index (χ2n) is 4.77. The number of thioether (sulfide) groups is 1. The van der Waals surface area contributed by atoms with Crippen molar-refractivity contribution in [3.8, 4) is 11.8 Å². The summed E-state index contributed by atoms with van der Waals surface area (Å²) >= 11 is 1.15. The van der Waals surface area contributed by atoms with Gasteiger partial charge >= 0.3 is 0 Å². The molecule has 5 unspecified atom stereocenters. The lowest BCUT2D eigenvalue weighted by atomic mass is 10.0. The van der Waals surface area contributed by atoms with E-state index in [1.165, 1.54) is 16.7 Å². The highest BCUT2D eigenvalue weighted by atomic mass is 32.2. The van der Waals surface area contributed by atoms with Gasteiger partial charge in [0.2, 0.25) is 0 Å². The van der Waals surface area contributed by atoms with E-state index >= 15 is 0 Å². The van der Waals surface area contributed by atoms with Gasteiger partial charge in [-0.3, -0.25) is 4.57 Å². The van der Waals surface area contributed by atoms with E-state index in [1.807, 2.05) is 0 Å². The van der Waals surface area contributed by atoms with Crippen molar-refractivity contribution in [2.75, 3.05) is 12.4 Å². The molecule has 5 atom stereocenters. The number of hydrogen-bond donors (Lipinski definition) is 6. The summed E-state index contributed by atoms with van der Waals surface area (Å²) in [4.78, 5) is 0.